The third-order valence-corrected chi connectivity index (χ3v) is 5.44. The van der Waals surface area contributed by atoms with Gasteiger partial charge in [0.05, 0.1) is 0 Å². The predicted octanol–water partition coefficient (Wildman–Crippen LogP) is 5.37. The summed E-state index contributed by atoms with van der Waals surface area (Å²) in [6.07, 6.45) is 15.5. The molecular formula is C24H38N2O. The first-order valence-corrected chi connectivity index (χ1v) is 11.0. The van der Waals surface area contributed by atoms with Gasteiger partial charge in [0.25, 0.3) is 0 Å². The van der Waals surface area contributed by atoms with Gasteiger partial charge in [-0.15, -0.1) is 0 Å². The number of amides is 1. The molecule has 0 aliphatic carbocycles. The van der Waals surface area contributed by atoms with Crippen molar-refractivity contribution in [1.29, 1.82) is 0 Å². The van der Waals surface area contributed by atoms with Gasteiger partial charge < -0.3 is 4.90 Å². The summed E-state index contributed by atoms with van der Waals surface area (Å²) in [5, 5.41) is 0. The molecule has 1 aromatic carbocycles. The van der Waals surface area contributed by atoms with E-state index < -0.39 is 0 Å². The molecule has 1 amide bonds. The van der Waals surface area contributed by atoms with Gasteiger partial charge in [-0.2, -0.15) is 0 Å². The number of hydrogen-bond acceptors (Lipinski definition) is 2. The lowest BCUT2D eigenvalue weighted by Crippen LogP contribution is -2.48. The Morgan fingerprint density at radius 3 is 2.19 bits per heavy atom. The van der Waals surface area contributed by atoms with Gasteiger partial charge in [-0.3, -0.25) is 9.69 Å². The summed E-state index contributed by atoms with van der Waals surface area (Å²) in [5.41, 5.74) is 1.25. The molecule has 0 radical (unpaired) electrons. The molecule has 0 aromatic heterocycles. The van der Waals surface area contributed by atoms with Crippen LogP contribution in [0.4, 0.5) is 0 Å². The summed E-state index contributed by atoms with van der Waals surface area (Å²) >= 11 is 0. The molecule has 0 saturated carbocycles. The number of piperazine rings is 1. The van der Waals surface area contributed by atoms with Crippen molar-refractivity contribution in [2.24, 2.45) is 0 Å². The zero-order valence-corrected chi connectivity index (χ0v) is 17.2. The Morgan fingerprint density at radius 1 is 0.889 bits per heavy atom. The summed E-state index contributed by atoms with van der Waals surface area (Å²) in [6, 6.07) is 10.4. The van der Waals surface area contributed by atoms with Gasteiger partial charge in [-0.1, -0.05) is 94.4 Å². The Morgan fingerprint density at radius 2 is 1.52 bits per heavy atom. The van der Waals surface area contributed by atoms with Crippen LogP contribution in [0.5, 0.6) is 0 Å². The summed E-state index contributed by atoms with van der Waals surface area (Å²) in [4.78, 5) is 16.9. The molecule has 3 nitrogen and oxygen atoms in total. The van der Waals surface area contributed by atoms with E-state index in [0.29, 0.717) is 5.91 Å². The van der Waals surface area contributed by atoms with Gasteiger partial charge in [0, 0.05) is 39.1 Å². The fourth-order valence-electron chi connectivity index (χ4n) is 3.65. The van der Waals surface area contributed by atoms with E-state index in [1.54, 1.807) is 0 Å². The van der Waals surface area contributed by atoms with Crippen molar-refractivity contribution in [1.82, 2.24) is 9.80 Å². The number of carbonyl (C=O) groups excluding carboxylic acids is 1. The minimum absolute atomic E-state index is 0.362. The lowest BCUT2D eigenvalue weighted by molar-refractivity contribution is -0.133. The highest BCUT2D eigenvalue weighted by molar-refractivity contribution is 5.76. The molecule has 1 aromatic rings. The van der Waals surface area contributed by atoms with Crippen molar-refractivity contribution in [2.45, 2.75) is 64.7 Å². The molecule has 1 saturated heterocycles. The van der Waals surface area contributed by atoms with Crippen molar-refractivity contribution in [3.8, 4) is 0 Å². The summed E-state index contributed by atoms with van der Waals surface area (Å²) in [5.74, 6) is 0.362. The van der Waals surface area contributed by atoms with Gasteiger partial charge in [-0.25, -0.2) is 0 Å². The Labute approximate surface area is 166 Å². The van der Waals surface area contributed by atoms with E-state index in [4.69, 9.17) is 0 Å². The second kappa shape index (κ2) is 13.5. The van der Waals surface area contributed by atoms with Crippen LogP contribution in [0.1, 0.15) is 70.3 Å². The molecule has 2 rings (SSSR count). The number of nitrogens with zero attached hydrogens (tertiary/aromatic N) is 2. The van der Waals surface area contributed by atoms with Crippen LogP contribution >= 0.6 is 0 Å². The molecular weight excluding hydrogens is 332 g/mol. The van der Waals surface area contributed by atoms with E-state index >= 15 is 0 Å². The first kappa shape index (κ1) is 21.7. The monoisotopic (exact) mass is 370 g/mol. The largest absolute Gasteiger partial charge is 0.340 e. The quantitative estimate of drug-likeness (QED) is 0.462. The molecule has 3 heteroatoms. The minimum Gasteiger partial charge on any atom is -0.340 e. The van der Waals surface area contributed by atoms with Crippen LogP contribution in [0.3, 0.4) is 0 Å². The molecule has 1 fully saturated rings. The third kappa shape index (κ3) is 9.23. The van der Waals surface area contributed by atoms with Crippen LogP contribution in [-0.4, -0.2) is 48.4 Å². The Kier molecular flexibility index (Phi) is 10.9. The summed E-state index contributed by atoms with van der Waals surface area (Å²) in [7, 11) is 0. The number of hydrogen-bond donors (Lipinski definition) is 0. The van der Waals surface area contributed by atoms with Gasteiger partial charge in [0.1, 0.15) is 0 Å². The lowest BCUT2D eigenvalue weighted by atomic mass is 10.1. The highest BCUT2D eigenvalue weighted by Gasteiger charge is 2.19. The van der Waals surface area contributed by atoms with Gasteiger partial charge in [0.2, 0.25) is 5.91 Å². The molecule has 1 aliphatic heterocycles. The standard InChI is InChI=1S/C24H38N2O/c1-2-3-4-5-6-7-8-12-17-24(27)26-21-19-25(20-22-26)18-13-16-23-14-10-9-11-15-23/h9-11,13-16H,2-8,12,17-22H2,1H3/b16-13+. The van der Waals surface area contributed by atoms with Gasteiger partial charge >= 0.3 is 0 Å². The number of rotatable bonds is 12. The van der Waals surface area contributed by atoms with Crippen LogP contribution in [0.2, 0.25) is 0 Å². The van der Waals surface area contributed by atoms with Crippen LogP contribution < -0.4 is 0 Å². The lowest BCUT2D eigenvalue weighted by Gasteiger charge is -2.34. The molecule has 0 atom stereocenters. The number of unbranched alkanes of at least 4 members (excludes halogenated alkanes) is 7. The molecule has 0 unspecified atom stereocenters. The van der Waals surface area contributed by atoms with Gasteiger partial charge in [0.15, 0.2) is 0 Å². The Bertz CT molecular complexity index is 533. The van der Waals surface area contributed by atoms with E-state index in [0.717, 1.165) is 45.6 Å². The zero-order chi connectivity index (χ0) is 19.2. The Balaban J connectivity index is 1.52. The average molecular weight is 371 g/mol. The first-order valence-electron chi connectivity index (χ1n) is 11.0. The SMILES string of the molecule is CCCCCCCCCCC(=O)N1CCN(C/C=C/c2ccccc2)CC1. The third-order valence-electron chi connectivity index (χ3n) is 5.44. The van der Waals surface area contributed by atoms with Crippen molar-refractivity contribution in [3.05, 3.63) is 42.0 Å². The maximum atomic E-state index is 12.4. The smallest absolute Gasteiger partial charge is 0.222 e. The van der Waals surface area contributed by atoms with Crippen LogP contribution in [-0.2, 0) is 4.79 Å². The van der Waals surface area contributed by atoms with E-state index in [2.05, 4.69) is 53.1 Å². The van der Waals surface area contributed by atoms with E-state index in [9.17, 15) is 4.79 Å². The van der Waals surface area contributed by atoms with Crippen molar-refractivity contribution < 1.29 is 4.79 Å². The van der Waals surface area contributed by atoms with Crippen LogP contribution in [0.25, 0.3) is 6.08 Å². The van der Waals surface area contributed by atoms with Crippen molar-refractivity contribution in [3.63, 3.8) is 0 Å². The van der Waals surface area contributed by atoms with Crippen molar-refractivity contribution in [2.75, 3.05) is 32.7 Å². The normalized spacial score (nSPS) is 15.5. The van der Waals surface area contributed by atoms with Crippen molar-refractivity contribution >= 4 is 12.0 Å². The number of benzene rings is 1. The van der Waals surface area contributed by atoms with E-state index in [-0.39, 0.29) is 0 Å². The summed E-state index contributed by atoms with van der Waals surface area (Å²) < 4.78 is 0. The minimum atomic E-state index is 0.362. The number of carbonyl (C=O) groups is 1. The fourth-order valence-corrected chi connectivity index (χ4v) is 3.65. The highest BCUT2D eigenvalue weighted by atomic mass is 16.2. The van der Waals surface area contributed by atoms with Crippen LogP contribution in [0.15, 0.2) is 36.4 Å². The fraction of sp³-hybridized carbons (Fsp3) is 0.625. The molecule has 1 heterocycles. The second-order valence-electron chi connectivity index (χ2n) is 7.72. The molecule has 1 aliphatic rings. The maximum Gasteiger partial charge on any atom is 0.222 e. The molecule has 27 heavy (non-hydrogen) atoms. The zero-order valence-electron chi connectivity index (χ0n) is 17.2. The maximum absolute atomic E-state index is 12.4. The first-order chi connectivity index (χ1) is 13.3. The summed E-state index contributed by atoms with van der Waals surface area (Å²) in [6.45, 7) is 6.97. The Hall–Kier alpha value is -1.61. The van der Waals surface area contributed by atoms with E-state index in [1.165, 1.54) is 50.5 Å². The van der Waals surface area contributed by atoms with Gasteiger partial charge in [-0.05, 0) is 12.0 Å². The molecule has 0 spiro atoms. The predicted molar refractivity (Wildman–Crippen MR) is 116 cm³/mol. The highest BCUT2D eigenvalue weighted by Crippen LogP contribution is 2.11. The van der Waals surface area contributed by atoms with E-state index in [1.807, 2.05) is 6.07 Å². The second-order valence-corrected chi connectivity index (χ2v) is 7.72. The topological polar surface area (TPSA) is 23.6 Å². The molecule has 150 valence electrons. The average Bonchev–Trinajstić information content (AvgIpc) is 2.71. The molecule has 0 bridgehead atoms. The van der Waals surface area contributed by atoms with Crippen LogP contribution in [0, 0.1) is 0 Å². The molecule has 0 N–H and O–H groups in total.